The summed E-state index contributed by atoms with van der Waals surface area (Å²) >= 11 is 0. The van der Waals surface area contributed by atoms with E-state index in [-0.39, 0.29) is 5.91 Å². The van der Waals surface area contributed by atoms with E-state index in [4.69, 9.17) is 5.73 Å². The molecule has 2 aliphatic rings. The number of para-hydroxylation sites is 1. The molecule has 2 N–H and O–H groups in total. The zero-order chi connectivity index (χ0) is 12.5. The van der Waals surface area contributed by atoms with Gasteiger partial charge in [-0.25, -0.2) is 0 Å². The summed E-state index contributed by atoms with van der Waals surface area (Å²) in [5, 5.41) is 0. The van der Waals surface area contributed by atoms with Crippen molar-refractivity contribution in [2.75, 3.05) is 18.0 Å². The lowest BCUT2D eigenvalue weighted by Gasteiger charge is -2.41. The maximum Gasteiger partial charge on any atom is 0.236 e. The quantitative estimate of drug-likeness (QED) is 0.886. The highest BCUT2D eigenvalue weighted by atomic mass is 16.1. The first-order valence-corrected chi connectivity index (χ1v) is 6.88. The van der Waals surface area contributed by atoms with E-state index in [0.29, 0.717) is 12.5 Å². The van der Waals surface area contributed by atoms with Gasteiger partial charge in [-0.15, -0.1) is 0 Å². The van der Waals surface area contributed by atoms with Crippen molar-refractivity contribution in [1.82, 2.24) is 0 Å². The van der Waals surface area contributed by atoms with Crippen molar-refractivity contribution in [1.29, 1.82) is 0 Å². The second-order valence-electron chi connectivity index (χ2n) is 5.53. The molecule has 1 aliphatic carbocycles. The predicted octanol–water partition coefficient (Wildman–Crippen LogP) is 2.27. The number of fused-ring (bicyclic) bond motifs is 1. The van der Waals surface area contributed by atoms with Crippen LogP contribution in [0.5, 0.6) is 0 Å². The van der Waals surface area contributed by atoms with Crippen LogP contribution in [0, 0.1) is 5.92 Å². The maximum atomic E-state index is 11.1. The molecule has 3 nitrogen and oxygen atoms in total. The molecule has 1 heterocycles. The van der Waals surface area contributed by atoms with Gasteiger partial charge in [0.1, 0.15) is 0 Å². The van der Waals surface area contributed by atoms with Crippen LogP contribution in [-0.2, 0) is 4.79 Å². The lowest BCUT2D eigenvalue weighted by molar-refractivity contribution is -0.116. The van der Waals surface area contributed by atoms with Crippen LogP contribution in [0.15, 0.2) is 24.3 Å². The molecule has 0 bridgehead atoms. The van der Waals surface area contributed by atoms with Gasteiger partial charge < -0.3 is 10.6 Å². The molecule has 1 amide bonds. The largest absolute Gasteiger partial charge is 0.368 e. The standard InChI is InChI=1S/C15H20N2O/c16-15(18)10-17-9-8-12(11-4-3-5-11)13-6-1-2-7-14(13)17/h1-2,6-7,11-12H,3-5,8-10H2,(H2,16,18)/t12-/m0/s1. The Morgan fingerprint density at radius 3 is 2.72 bits per heavy atom. The van der Waals surface area contributed by atoms with Crippen molar-refractivity contribution in [3.8, 4) is 0 Å². The van der Waals surface area contributed by atoms with Crippen molar-refractivity contribution < 1.29 is 4.79 Å². The molecule has 96 valence electrons. The molecule has 0 saturated heterocycles. The van der Waals surface area contributed by atoms with E-state index in [9.17, 15) is 4.79 Å². The zero-order valence-electron chi connectivity index (χ0n) is 10.6. The molecule has 1 atom stereocenters. The van der Waals surface area contributed by atoms with Gasteiger partial charge in [0.25, 0.3) is 0 Å². The molecule has 0 radical (unpaired) electrons. The van der Waals surface area contributed by atoms with Gasteiger partial charge in [0.15, 0.2) is 0 Å². The number of benzene rings is 1. The van der Waals surface area contributed by atoms with Crippen LogP contribution in [0.1, 0.15) is 37.2 Å². The van der Waals surface area contributed by atoms with Gasteiger partial charge in [-0.1, -0.05) is 24.6 Å². The van der Waals surface area contributed by atoms with E-state index < -0.39 is 0 Å². The number of amides is 1. The first kappa shape index (κ1) is 11.6. The number of rotatable bonds is 3. The van der Waals surface area contributed by atoms with E-state index in [1.165, 1.54) is 30.5 Å². The molecular weight excluding hydrogens is 224 g/mol. The molecular formula is C15H20N2O. The zero-order valence-corrected chi connectivity index (χ0v) is 10.6. The Kier molecular flexibility index (Phi) is 2.98. The number of primary amides is 1. The highest BCUT2D eigenvalue weighted by Crippen LogP contribution is 2.46. The highest BCUT2D eigenvalue weighted by molar-refractivity contribution is 5.80. The topological polar surface area (TPSA) is 46.3 Å². The van der Waals surface area contributed by atoms with E-state index in [1.54, 1.807) is 0 Å². The third-order valence-electron chi connectivity index (χ3n) is 4.45. The van der Waals surface area contributed by atoms with Crippen LogP contribution < -0.4 is 10.6 Å². The summed E-state index contributed by atoms with van der Waals surface area (Å²) in [5.74, 6) is 1.31. The van der Waals surface area contributed by atoms with Crippen LogP contribution in [0.2, 0.25) is 0 Å². The fourth-order valence-electron chi connectivity index (χ4n) is 3.34. The minimum Gasteiger partial charge on any atom is -0.368 e. The number of nitrogens with two attached hydrogens (primary N) is 1. The monoisotopic (exact) mass is 244 g/mol. The van der Waals surface area contributed by atoms with Crippen molar-refractivity contribution in [3.05, 3.63) is 29.8 Å². The molecule has 0 spiro atoms. The van der Waals surface area contributed by atoms with E-state index in [1.807, 2.05) is 0 Å². The summed E-state index contributed by atoms with van der Waals surface area (Å²) in [6, 6.07) is 8.52. The lowest BCUT2D eigenvalue weighted by atomic mass is 9.70. The predicted molar refractivity (Wildman–Crippen MR) is 72.5 cm³/mol. The van der Waals surface area contributed by atoms with Crippen LogP contribution >= 0.6 is 0 Å². The summed E-state index contributed by atoms with van der Waals surface area (Å²) in [4.78, 5) is 13.3. The number of hydrogen-bond acceptors (Lipinski definition) is 2. The molecule has 1 aliphatic heterocycles. The van der Waals surface area contributed by atoms with Gasteiger partial charge >= 0.3 is 0 Å². The number of carbonyl (C=O) groups is 1. The third kappa shape index (κ3) is 1.98. The van der Waals surface area contributed by atoms with Gasteiger partial charge in [-0.3, -0.25) is 4.79 Å². The molecule has 1 aromatic carbocycles. The van der Waals surface area contributed by atoms with E-state index in [2.05, 4.69) is 29.2 Å². The van der Waals surface area contributed by atoms with E-state index >= 15 is 0 Å². The number of carbonyl (C=O) groups excluding carboxylic acids is 1. The minimum atomic E-state index is -0.244. The van der Waals surface area contributed by atoms with Crippen LogP contribution in [0.4, 0.5) is 5.69 Å². The van der Waals surface area contributed by atoms with Crippen LogP contribution in [0.25, 0.3) is 0 Å². The second-order valence-corrected chi connectivity index (χ2v) is 5.53. The first-order chi connectivity index (χ1) is 8.75. The average Bonchev–Trinajstić information content (AvgIpc) is 2.29. The summed E-state index contributed by atoms with van der Waals surface area (Å²) < 4.78 is 0. The second kappa shape index (κ2) is 4.63. The average molecular weight is 244 g/mol. The fourth-order valence-corrected chi connectivity index (χ4v) is 3.34. The number of anilines is 1. The highest BCUT2D eigenvalue weighted by Gasteiger charge is 2.33. The van der Waals surface area contributed by atoms with Gasteiger partial charge in [0.2, 0.25) is 5.91 Å². The Morgan fingerprint density at radius 2 is 2.06 bits per heavy atom. The smallest absolute Gasteiger partial charge is 0.236 e. The molecule has 18 heavy (non-hydrogen) atoms. The Labute approximate surface area is 108 Å². The van der Waals surface area contributed by atoms with Crippen LogP contribution in [-0.4, -0.2) is 19.0 Å². The summed E-state index contributed by atoms with van der Waals surface area (Å²) in [5.41, 5.74) is 7.98. The van der Waals surface area contributed by atoms with Gasteiger partial charge in [0, 0.05) is 12.2 Å². The van der Waals surface area contributed by atoms with Gasteiger partial charge in [0.05, 0.1) is 6.54 Å². The molecule has 3 rings (SSSR count). The Balaban J connectivity index is 1.89. The molecule has 3 heteroatoms. The van der Waals surface area contributed by atoms with Gasteiger partial charge in [-0.2, -0.15) is 0 Å². The van der Waals surface area contributed by atoms with Crippen molar-refractivity contribution in [2.24, 2.45) is 11.7 Å². The third-order valence-corrected chi connectivity index (χ3v) is 4.45. The molecule has 0 aromatic heterocycles. The molecule has 1 fully saturated rings. The van der Waals surface area contributed by atoms with Crippen molar-refractivity contribution in [3.63, 3.8) is 0 Å². The normalized spacial score (nSPS) is 23.3. The molecule has 0 unspecified atom stereocenters. The first-order valence-electron chi connectivity index (χ1n) is 6.88. The van der Waals surface area contributed by atoms with Gasteiger partial charge in [-0.05, 0) is 42.7 Å². The summed E-state index contributed by atoms with van der Waals surface area (Å²) in [6.07, 6.45) is 5.28. The number of hydrogen-bond donors (Lipinski definition) is 1. The SMILES string of the molecule is NC(=O)CN1CC[C@@H](C2CCC2)c2ccccc21. The van der Waals surface area contributed by atoms with Crippen molar-refractivity contribution in [2.45, 2.75) is 31.6 Å². The molecule has 1 saturated carbocycles. The Hall–Kier alpha value is -1.51. The Bertz CT molecular complexity index is 454. The summed E-state index contributed by atoms with van der Waals surface area (Å²) in [7, 11) is 0. The Morgan fingerprint density at radius 1 is 1.28 bits per heavy atom. The number of nitrogens with zero attached hydrogens (tertiary/aromatic N) is 1. The minimum absolute atomic E-state index is 0.244. The van der Waals surface area contributed by atoms with Crippen molar-refractivity contribution >= 4 is 11.6 Å². The van der Waals surface area contributed by atoms with Crippen LogP contribution in [0.3, 0.4) is 0 Å². The maximum absolute atomic E-state index is 11.1. The van der Waals surface area contributed by atoms with E-state index in [0.717, 1.165) is 18.9 Å². The molecule has 1 aromatic rings. The fraction of sp³-hybridized carbons (Fsp3) is 0.533. The lowest BCUT2D eigenvalue weighted by Crippen LogP contribution is -2.39. The summed E-state index contributed by atoms with van der Waals surface area (Å²) in [6.45, 7) is 1.30.